The second-order valence-corrected chi connectivity index (χ2v) is 6.41. The SMILES string of the molecule is COc1cccc(C(=O)Nc2nc3ccc(NC(C)=O)cc3s2)c1OC. The second kappa shape index (κ2) is 7.40. The summed E-state index contributed by atoms with van der Waals surface area (Å²) in [6.45, 7) is 1.45. The zero-order chi connectivity index (χ0) is 18.7. The summed E-state index contributed by atoms with van der Waals surface area (Å²) in [5.41, 5.74) is 1.77. The maximum atomic E-state index is 12.6. The Morgan fingerprint density at radius 3 is 2.58 bits per heavy atom. The molecule has 2 N–H and O–H groups in total. The minimum Gasteiger partial charge on any atom is -0.493 e. The number of hydrogen-bond donors (Lipinski definition) is 2. The molecule has 26 heavy (non-hydrogen) atoms. The van der Waals surface area contributed by atoms with Crippen LogP contribution in [-0.2, 0) is 4.79 Å². The predicted octanol–water partition coefficient (Wildman–Crippen LogP) is 3.52. The molecule has 3 rings (SSSR count). The standard InChI is InChI=1S/C18H17N3O4S/c1-10(22)19-11-7-8-13-15(9-11)26-18(20-13)21-17(23)12-5-4-6-14(24-2)16(12)25-3/h4-9H,1-3H3,(H,19,22)(H,20,21,23). The normalized spacial score (nSPS) is 10.4. The van der Waals surface area contributed by atoms with Crippen LogP contribution >= 0.6 is 11.3 Å². The fourth-order valence-electron chi connectivity index (χ4n) is 2.49. The van der Waals surface area contributed by atoms with Crippen molar-refractivity contribution in [1.29, 1.82) is 0 Å². The van der Waals surface area contributed by atoms with Gasteiger partial charge in [0.15, 0.2) is 16.6 Å². The number of anilines is 2. The van der Waals surface area contributed by atoms with Crippen LogP contribution in [0.1, 0.15) is 17.3 Å². The van der Waals surface area contributed by atoms with Gasteiger partial charge in [0.05, 0.1) is 30.0 Å². The molecular formula is C18H17N3O4S. The van der Waals surface area contributed by atoms with Gasteiger partial charge < -0.3 is 14.8 Å². The second-order valence-electron chi connectivity index (χ2n) is 5.38. The van der Waals surface area contributed by atoms with Crippen LogP contribution in [0, 0.1) is 0 Å². The van der Waals surface area contributed by atoms with Gasteiger partial charge in [-0.2, -0.15) is 0 Å². The highest BCUT2D eigenvalue weighted by Crippen LogP contribution is 2.32. The number of nitrogens with one attached hydrogen (secondary N) is 2. The van der Waals surface area contributed by atoms with E-state index < -0.39 is 0 Å². The molecule has 0 spiro atoms. The average Bonchev–Trinajstić information content (AvgIpc) is 3.01. The molecule has 0 atom stereocenters. The van der Waals surface area contributed by atoms with Gasteiger partial charge in [-0.25, -0.2) is 4.98 Å². The number of benzene rings is 2. The number of rotatable bonds is 5. The lowest BCUT2D eigenvalue weighted by Crippen LogP contribution is -2.13. The summed E-state index contributed by atoms with van der Waals surface area (Å²) in [5.74, 6) is 0.348. The van der Waals surface area contributed by atoms with Crippen LogP contribution in [-0.4, -0.2) is 31.0 Å². The van der Waals surface area contributed by atoms with E-state index in [9.17, 15) is 9.59 Å². The molecule has 0 aliphatic rings. The molecule has 1 aromatic heterocycles. The quantitative estimate of drug-likeness (QED) is 0.716. The van der Waals surface area contributed by atoms with Crippen LogP contribution in [0.2, 0.25) is 0 Å². The van der Waals surface area contributed by atoms with Crippen molar-refractivity contribution < 1.29 is 19.1 Å². The van der Waals surface area contributed by atoms with Crippen molar-refractivity contribution in [2.75, 3.05) is 24.9 Å². The van der Waals surface area contributed by atoms with Crippen molar-refractivity contribution in [2.45, 2.75) is 6.92 Å². The number of nitrogens with zero attached hydrogens (tertiary/aromatic N) is 1. The molecule has 134 valence electrons. The Bertz CT molecular complexity index is 984. The lowest BCUT2D eigenvalue weighted by atomic mass is 10.1. The Morgan fingerprint density at radius 1 is 1.08 bits per heavy atom. The van der Waals surface area contributed by atoms with Crippen molar-refractivity contribution in [3.63, 3.8) is 0 Å². The molecule has 1 heterocycles. The first-order valence-electron chi connectivity index (χ1n) is 7.72. The van der Waals surface area contributed by atoms with Gasteiger partial charge in [0.2, 0.25) is 5.91 Å². The van der Waals surface area contributed by atoms with Gasteiger partial charge in [-0.1, -0.05) is 17.4 Å². The first-order valence-corrected chi connectivity index (χ1v) is 8.54. The Hall–Kier alpha value is -3.13. The van der Waals surface area contributed by atoms with Crippen molar-refractivity contribution in [3.05, 3.63) is 42.0 Å². The summed E-state index contributed by atoms with van der Waals surface area (Å²) < 4.78 is 11.4. The number of methoxy groups -OCH3 is 2. The van der Waals surface area contributed by atoms with Crippen LogP contribution in [0.25, 0.3) is 10.2 Å². The first kappa shape index (κ1) is 17.7. The number of ether oxygens (including phenoxy) is 2. The van der Waals surface area contributed by atoms with Gasteiger partial charge in [-0.05, 0) is 30.3 Å². The third-order valence-electron chi connectivity index (χ3n) is 3.58. The Morgan fingerprint density at radius 2 is 1.88 bits per heavy atom. The first-order chi connectivity index (χ1) is 12.5. The molecule has 0 radical (unpaired) electrons. The van der Waals surface area contributed by atoms with Gasteiger partial charge in [0, 0.05) is 12.6 Å². The fraction of sp³-hybridized carbons (Fsp3) is 0.167. The van der Waals surface area contributed by atoms with Crippen LogP contribution in [0.4, 0.5) is 10.8 Å². The Kier molecular flexibility index (Phi) is 5.04. The monoisotopic (exact) mass is 371 g/mol. The number of para-hydroxylation sites is 1. The average molecular weight is 371 g/mol. The van der Waals surface area contributed by atoms with Gasteiger partial charge in [-0.3, -0.25) is 14.9 Å². The van der Waals surface area contributed by atoms with Crippen molar-refractivity contribution in [3.8, 4) is 11.5 Å². The minimum absolute atomic E-state index is 0.146. The molecule has 0 aliphatic carbocycles. The van der Waals surface area contributed by atoms with E-state index in [-0.39, 0.29) is 11.8 Å². The maximum Gasteiger partial charge on any atom is 0.261 e. The summed E-state index contributed by atoms with van der Waals surface area (Å²) >= 11 is 1.32. The molecule has 2 amide bonds. The zero-order valence-corrected chi connectivity index (χ0v) is 15.3. The fourth-order valence-corrected chi connectivity index (χ4v) is 3.39. The summed E-state index contributed by atoms with van der Waals surface area (Å²) in [5, 5.41) is 5.96. The van der Waals surface area contributed by atoms with E-state index in [1.54, 1.807) is 30.3 Å². The summed E-state index contributed by atoms with van der Waals surface area (Å²) in [4.78, 5) is 28.2. The van der Waals surface area contributed by atoms with Crippen LogP contribution in [0.3, 0.4) is 0 Å². The van der Waals surface area contributed by atoms with Gasteiger partial charge in [0.25, 0.3) is 5.91 Å². The highest BCUT2D eigenvalue weighted by molar-refractivity contribution is 7.22. The number of aromatic nitrogens is 1. The molecule has 7 nitrogen and oxygen atoms in total. The lowest BCUT2D eigenvalue weighted by Gasteiger charge is -2.11. The highest BCUT2D eigenvalue weighted by Gasteiger charge is 2.18. The summed E-state index contributed by atoms with van der Waals surface area (Å²) in [6, 6.07) is 10.5. The topological polar surface area (TPSA) is 89.5 Å². The zero-order valence-electron chi connectivity index (χ0n) is 14.5. The number of thiazole rings is 1. The van der Waals surface area contributed by atoms with E-state index in [2.05, 4.69) is 15.6 Å². The van der Waals surface area contributed by atoms with Crippen molar-refractivity contribution >= 4 is 44.2 Å². The molecule has 0 aliphatic heterocycles. The van der Waals surface area contributed by atoms with Gasteiger partial charge in [-0.15, -0.1) is 0 Å². The van der Waals surface area contributed by atoms with Crippen LogP contribution in [0.5, 0.6) is 11.5 Å². The third kappa shape index (κ3) is 3.60. The molecule has 0 saturated heterocycles. The smallest absolute Gasteiger partial charge is 0.261 e. The largest absolute Gasteiger partial charge is 0.493 e. The maximum absolute atomic E-state index is 12.6. The van der Waals surface area contributed by atoms with E-state index in [0.29, 0.717) is 27.9 Å². The van der Waals surface area contributed by atoms with Gasteiger partial charge in [0.1, 0.15) is 0 Å². The molecule has 2 aromatic carbocycles. The van der Waals surface area contributed by atoms with Crippen molar-refractivity contribution in [2.24, 2.45) is 0 Å². The predicted molar refractivity (Wildman–Crippen MR) is 101 cm³/mol. The van der Waals surface area contributed by atoms with E-state index in [1.165, 1.54) is 32.5 Å². The lowest BCUT2D eigenvalue weighted by molar-refractivity contribution is -0.114. The molecule has 8 heteroatoms. The van der Waals surface area contributed by atoms with E-state index >= 15 is 0 Å². The van der Waals surface area contributed by atoms with E-state index in [1.807, 2.05) is 6.07 Å². The molecule has 0 fully saturated rings. The summed E-state index contributed by atoms with van der Waals surface area (Å²) in [7, 11) is 3.00. The van der Waals surface area contributed by atoms with Crippen LogP contribution < -0.4 is 20.1 Å². The number of fused-ring (bicyclic) bond motifs is 1. The molecule has 3 aromatic rings. The highest BCUT2D eigenvalue weighted by atomic mass is 32.1. The van der Waals surface area contributed by atoms with Gasteiger partial charge >= 0.3 is 0 Å². The number of carbonyl (C=O) groups is 2. The molecule has 0 unspecified atom stereocenters. The summed E-state index contributed by atoms with van der Waals surface area (Å²) in [6.07, 6.45) is 0. The van der Waals surface area contributed by atoms with Crippen molar-refractivity contribution in [1.82, 2.24) is 4.98 Å². The Balaban J connectivity index is 1.87. The third-order valence-corrected chi connectivity index (χ3v) is 4.51. The molecular weight excluding hydrogens is 354 g/mol. The van der Waals surface area contributed by atoms with Crippen LogP contribution in [0.15, 0.2) is 36.4 Å². The molecule has 0 saturated carbocycles. The number of amides is 2. The Labute approximate surface area is 154 Å². The minimum atomic E-state index is -0.345. The number of hydrogen-bond acceptors (Lipinski definition) is 6. The number of carbonyl (C=O) groups excluding carboxylic acids is 2. The van der Waals surface area contributed by atoms with E-state index in [4.69, 9.17) is 9.47 Å². The van der Waals surface area contributed by atoms with E-state index in [0.717, 1.165) is 10.2 Å². The molecule has 0 bridgehead atoms.